The highest BCUT2D eigenvalue weighted by atomic mass is 79.9. The Bertz CT molecular complexity index is 317. The van der Waals surface area contributed by atoms with Gasteiger partial charge in [-0.25, -0.2) is 0 Å². The van der Waals surface area contributed by atoms with Crippen LogP contribution in [0.3, 0.4) is 0 Å². The van der Waals surface area contributed by atoms with E-state index in [0.717, 1.165) is 11.9 Å². The molecule has 4 heteroatoms. The molecule has 0 bridgehead atoms. The van der Waals surface area contributed by atoms with Crippen molar-refractivity contribution in [3.05, 3.63) is 0 Å². The molecule has 110 valence electrons. The third kappa shape index (κ3) is 3.15. The van der Waals surface area contributed by atoms with Gasteiger partial charge in [0.25, 0.3) is 0 Å². The van der Waals surface area contributed by atoms with Crippen LogP contribution in [0.15, 0.2) is 0 Å². The smallest absolute Gasteiger partial charge is 0.228 e. The van der Waals surface area contributed by atoms with Crippen molar-refractivity contribution in [2.45, 2.75) is 64.7 Å². The van der Waals surface area contributed by atoms with Gasteiger partial charge in [-0.1, -0.05) is 35.7 Å². The van der Waals surface area contributed by atoms with Crippen LogP contribution < -0.4 is 0 Å². The molecule has 1 aliphatic heterocycles. The van der Waals surface area contributed by atoms with Gasteiger partial charge in [0.2, 0.25) is 5.91 Å². The highest BCUT2D eigenvalue weighted by Gasteiger charge is 2.44. The molecular formula is C15H26BrNO2. The summed E-state index contributed by atoms with van der Waals surface area (Å²) >= 11 is 3.49. The zero-order chi connectivity index (χ0) is 14.0. The van der Waals surface area contributed by atoms with E-state index in [1.54, 1.807) is 0 Å². The third-order valence-electron chi connectivity index (χ3n) is 4.90. The molecule has 1 aliphatic carbocycles. The second-order valence-corrected chi connectivity index (χ2v) is 6.88. The van der Waals surface area contributed by atoms with Crippen molar-refractivity contribution in [1.29, 1.82) is 0 Å². The number of hydrogen-bond donors (Lipinski definition) is 0. The van der Waals surface area contributed by atoms with Crippen LogP contribution in [-0.4, -0.2) is 40.9 Å². The Kier molecular flexibility index (Phi) is 5.29. The number of hydrogen-bond acceptors (Lipinski definition) is 2. The number of carbonyl (C=O) groups is 1. The maximum Gasteiger partial charge on any atom is 0.228 e. The lowest BCUT2D eigenvalue weighted by atomic mass is 9.88. The molecule has 2 rings (SSSR count). The second-order valence-electron chi connectivity index (χ2n) is 6.09. The average molecular weight is 332 g/mol. The Morgan fingerprint density at radius 3 is 2.32 bits per heavy atom. The Morgan fingerprint density at radius 2 is 1.84 bits per heavy atom. The van der Waals surface area contributed by atoms with Crippen molar-refractivity contribution in [1.82, 2.24) is 4.90 Å². The van der Waals surface area contributed by atoms with Crippen molar-refractivity contribution >= 4 is 21.8 Å². The molecule has 1 heterocycles. The van der Waals surface area contributed by atoms with E-state index in [9.17, 15) is 4.79 Å². The Hall–Kier alpha value is -0.0900. The maximum atomic E-state index is 12.9. The first kappa shape index (κ1) is 15.3. The molecule has 1 amide bonds. The fourth-order valence-corrected chi connectivity index (χ4v) is 4.05. The van der Waals surface area contributed by atoms with Gasteiger partial charge in [-0.3, -0.25) is 4.79 Å². The van der Waals surface area contributed by atoms with E-state index in [2.05, 4.69) is 34.7 Å². The SMILES string of the molecule is CC1OC(C)C(C(=O)N(CCBr)C2CCCC2)C1C. The number of carbonyl (C=O) groups excluding carboxylic acids is 1. The lowest BCUT2D eigenvalue weighted by Crippen LogP contribution is -2.46. The predicted molar refractivity (Wildman–Crippen MR) is 80.4 cm³/mol. The molecule has 1 saturated heterocycles. The van der Waals surface area contributed by atoms with Crippen LogP contribution in [0.25, 0.3) is 0 Å². The first-order valence-electron chi connectivity index (χ1n) is 7.58. The van der Waals surface area contributed by atoms with Gasteiger partial charge in [0.15, 0.2) is 0 Å². The summed E-state index contributed by atoms with van der Waals surface area (Å²) in [7, 11) is 0. The van der Waals surface area contributed by atoms with E-state index >= 15 is 0 Å². The molecule has 1 saturated carbocycles. The molecule has 0 radical (unpaired) electrons. The van der Waals surface area contributed by atoms with Gasteiger partial charge in [0.1, 0.15) is 0 Å². The minimum atomic E-state index is 0.0367. The Morgan fingerprint density at radius 1 is 1.21 bits per heavy atom. The van der Waals surface area contributed by atoms with Gasteiger partial charge in [-0.2, -0.15) is 0 Å². The summed E-state index contributed by atoms with van der Waals surface area (Å²) in [5.41, 5.74) is 0. The quantitative estimate of drug-likeness (QED) is 0.740. The van der Waals surface area contributed by atoms with Crippen LogP contribution in [0.5, 0.6) is 0 Å². The molecule has 19 heavy (non-hydrogen) atoms. The van der Waals surface area contributed by atoms with E-state index in [-0.39, 0.29) is 18.1 Å². The number of rotatable bonds is 4. The summed E-state index contributed by atoms with van der Waals surface area (Å²) in [5, 5.41) is 0.862. The topological polar surface area (TPSA) is 29.5 Å². The summed E-state index contributed by atoms with van der Waals surface area (Å²) in [6, 6.07) is 0.459. The number of alkyl halides is 1. The van der Waals surface area contributed by atoms with Crippen molar-refractivity contribution in [2.75, 3.05) is 11.9 Å². The minimum Gasteiger partial charge on any atom is -0.374 e. The standard InChI is InChI=1S/C15H26BrNO2/c1-10-11(2)19-12(3)14(10)15(18)17(9-8-16)13-6-4-5-7-13/h10-14H,4-9H2,1-3H3. The molecule has 0 aromatic heterocycles. The highest BCUT2D eigenvalue weighted by Crippen LogP contribution is 2.35. The maximum absolute atomic E-state index is 12.9. The molecule has 4 unspecified atom stereocenters. The van der Waals surface area contributed by atoms with Crippen molar-refractivity contribution < 1.29 is 9.53 Å². The largest absolute Gasteiger partial charge is 0.374 e. The van der Waals surface area contributed by atoms with Gasteiger partial charge < -0.3 is 9.64 Å². The Labute approximate surface area is 125 Å². The lowest BCUT2D eigenvalue weighted by Gasteiger charge is -2.33. The monoisotopic (exact) mass is 331 g/mol. The fourth-order valence-electron chi connectivity index (χ4n) is 3.66. The zero-order valence-electron chi connectivity index (χ0n) is 12.3. The van der Waals surface area contributed by atoms with E-state index in [4.69, 9.17) is 4.74 Å². The average Bonchev–Trinajstić information content (AvgIpc) is 2.96. The number of nitrogens with zero attached hydrogens (tertiary/aromatic N) is 1. The molecular weight excluding hydrogens is 306 g/mol. The summed E-state index contributed by atoms with van der Waals surface area (Å²) < 4.78 is 5.84. The van der Waals surface area contributed by atoms with Crippen LogP contribution in [-0.2, 0) is 9.53 Å². The second kappa shape index (κ2) is 6.57. The van der Waals surface area contributed by atoms with Crippen molar-refractivity contribution in [2.24, 2.45) is 11.8 Å². The number of ether oxygens (including phenoxy) is 1. The van der Waals surface area contributed by atoms with Gasteiger partial charge in [0, 0.05) is 17.9 Å². The van der Waals surface area contributed by atoms with Crippen LogP contribution in [0.4, 0.5) is 0 Å². The van der Waals surface area contributed by atoms with Crippen molar-refractivity contribution in [3.8, 4) is 0 Å². The van der Waals surface area contributed by atoms with E-state index in [0.29, 0.717) is 17.9 Å². The normalized spacial score (nSPS) is 35.8. The van der Waals surface area contributed by atoms with E-state index in [1.165, 1.54) is 25.7 Å². The first-order valence-corrected chi connectivity index (χ1v) is 8.70. The fraction of sp³-hybridized carbons (Fsp3) is 0.933. The molecule has 0 aromatic rings. The van der Waals surface area contributed by atoms with Crippen molar-refractivity contribution in [3.63, 3.8) is 0 Å². The molecule has 0 spiro atoms. The number of amides is 1. The lowest BCUT2D eigenvalue weighted by molar-refractivity contribution is -0.139. The van der Waals surface area contributed by atoms with Gasteiger partial charge in [0.05, 0.1) is 18.1 Å². The summed E-state index contributed by atoms with van der Waals surface area (Å²) in [6.07, 6.45) is 5.11. The van der Waals surface area contributed by atoms with Gasteiger partial charge in [-0.15, -0.1) is 0 Å². The van der Waals surface area contributed by atoms with Gasteiger partial charge >= 0.3 is 0 Å². The van der Waals surface area contributed by atoms with Crippen LogP contribution >= 0.6 is 15.9 Å². The molecule has 2 aliphatic rings. The molecule has 0 aromatic carbocycles. The zero-order valence-corrected chi connectivity index (χ0v) is 13.9. The summed E-state index contributed by atoms with van der Waals surface area (Å²) in [5.74, 6) is 0.673. The number of halogens is 1. The predicted octanol–water partition coefficient (Wildman–Crippen LogP) is 3.21. The third-order valence-corrected chi connectivity index (χ3v) is 5.26. The molecule has 3 nitrogen and oxygen atoms in total. The van der Waals surface area contributed by atoms with Crippen LogP contribution in [0, 0.1) is 11.8 Å². The van der Waals surface area contributed by atoms with Crippen LogP contribution in [0.2, 0.25) is 0 Å². The molecule has 4 atom stereocenters. The summed E-state index contributed by atoms with van der Waals surface area (Å²) in [6.45, 7) is 7.11. The first-order chi connectivity index (χ1) is 9.06. The van der Waals surface area contributed by atoms with Gasteiger partial charge in [-0.05, 0) is 32.6 Å². The summed E-state index contributed by atoms with van der Waals surface area (Å²) in [4.78, 5) is 15.0. The molecule has 2 fully saturated rings. The van der Waals surface area contributed by atoms with E-state index in [1.807, 2.05) is 6.92 Å². The highest BCUT2D eigenvalue weighted by molar-refractivity contribution is 9.09. The molecule has 0 N–H and O–H groups in total. The van der Waals surface area contributed by atoms with E-state index < -0.39 is 0 Å². The van der Waals surface area contributed by atoms with Crippen LogP contribution in [0.1, 0.15) is 46.5 Å². The Balaban J connectivity index is 2.10. The minimum absolute atomic E-state index is 0.0367.